The lowest BCUT2D eigenvalue weighted by Gasteiger charge is -2.65. The highest BCUT2D eigenvalue weighted by atomic mass is 16.2. The molecule has 0 spiro atoms. The lowest BCUT2D eigenvalue weighted by atomic mass is 9.60. The predicted octanol–water partition coefficient (Wildman–Crippen LogP) is 10.6. The van der Waals surface area contributed by atoms with Crippen molar-refractivity contribution < 1.29 is 9.59 Å². The molecule has 6 aliphatic heterocycles. The fourth-order valence-electron chi connectivity index (χ4n) is 11.9. The number of likely N-dealkylation sites (tertiary alicyclic amines) is 3. The van der Waals surface area contributed by atoms with Crippen LogP contribution in [0.2, 0.25) is 0 Å². The van der Waals surface area contributed by atoms with E-state index in [1.165, 1.54) is 15.1 Å². The second-order valence-corrected chi connectivity index (χ2v) is 31.2. The van der Waals surface area contributed by atoms with Crippen molar-refractivity contribution in [2.75, 3.05) is 63.4 Å². The Bertz CT molecular complexity index is 2930. The number of hydrogen-bond donors (Lipinski definition) is 0. The smallest absolute Gasteiger partial charge is 0.363 e. The van der Waals surface area contributed by atoms with Gasteiger partial charge in [-0.2, -0.15) is 14.5 Å². The number of amides is 2. The molecule has 512 valence electrons. The number of β-lactam (4-membered cyclic amide) rings is 1. The van der Waals surface area contributed by atoms with Gasteiger partial charge in [-0.25, -0.2) is 9.59 Å². The Balaban J connectivity index is 0.000000512. The Morgan fingerprint density at radius 3 is 0.876 bits per heavy atom. The quantitative estimate of drug-likeness (QED) is 0.230. The molecule has 2 amide bonds. The number of tetrazole rings is 1. The number of imidazole rings is 1. The van der Waals surface area contributed by atoms with Crippen LogP contribution in [0.1, 0.15) is 184 Å². The standard InChI is InChI=1S/C13H26N2.C11H21NO.C11H21N.C10H20N2.C8H15NO.C7H12N2O.C6H11N3.C3H6N4O/c1-10-14(8)12(4,5)11(2,3)13(6,7)15(10)9;1-9(2)8(13)12(7)11(5,6)10(9,3)4;1-7-8(2)10(4)12(6)11(5)9(7)3;1-8-11(6)9(2,3)10(4,5)12(8)7;1-7(2)6(10)9(5)8(7,3)4;1-5-6(2)9(4)7(10)8(5)3;1-5-7-9(4)6(2)8(5)3;1-6-3(8)7(2)5-4-6/h1H2,2-9H3;1-7H3;7-9,11H,4H2,1-3,5-6H3;1H2,2-7H3;1-5H3;1-4H3;2H2,1,3-4H3;1-2H3/t;;7?,8-,9+,11?;;;;;/m..0...../s1. The average molecular weight is 1250 g/mol. The average Bonchev–Trinajstić information content (AvgIpc) is 1.01. The normalized spacial score (nSPS) is 25.6. The molecule has 89 heavy (non-hydrogen) atoms. The Morgan fingerprint density at radius 2 is 0.697 bits per heavy atom. The predicted molar refractivity (Wildman–Crippen MR) is 372 cm³/mol. The third kappa shape index (κ3) is 14.1. The maximum Gasteiger partial charge on any atom is 0.363 e. The van der Waals surface area contributed by atoms with Crippen molar-refractivity contribution in [3.63, 3.8) is 0 Å². The van der Waals surface area contributed by atoms with E-state index < -0.39 is 0 Å². The largest absolute Gasteiger partial charge is 0.375 e. The van der Waals surface area contributed by atoms with Crippen molar-refractivity contribution in [3.8, 4) is 0 Å². The van der Waals surface area contributed by atoms with Crippen molar-refractivity contribution in [2.24, 2.45) is 72.7 Å². The molecule has 20 nitrogen and oxygen atoms in total. The summed E-state index contributed by atoms with van der Waals surface area (Å²) in [6.45, 7) is 75.0. The first-order valence-electron chi connectivity index (χ1n) is 31.6. The molecule has 0 bridgehead atoms. The van der Waals surface area contributed by atoms with Crippen LogP contribution in [0.3, 0.4) is 0 Å². The van der Waals surface area contributed by atoms with Gasteiger partial charge in [0.1, 0.15) is 11.7 Å². The zero-order valence-electron chi connectivity index (χ0n) is 64.4. The zero-order chi connectivity index (χ0) is 71.3. The van der Waals surface area contributed by atoms with Gasteiger partial charge in [0.2, 0.25) is 11.8 Å². The highest BCUT2D eigenvalue weighted by Crippen LogP contribution is 2.56. The summed E-state index contributed by atoms with van der Waals surface area (Å²) in [5.41, 5.74) is 3.48. The minimum absolute atomic E-state index is 0.00579. The van der Waals surface area contributed by atoms with Crippen molar-refractivity contribution >= 4 is 17.6 Å². The number of aryl methyl sites for hydroxylation is 2. The molecule has 20 heteroatoms. The van der Waals surface area contributed by atoms with E-state index in [1.54, 1.807) is 47.2 Å². The van der Waals surface area contributed by atoms with E-state index in [9.17, 15) is 19.2 Å². The molecule has 2 aromatic heterocycles. The summed E-state index contributed by atoms with van der Waals surface area (Å²) in [6.07, 6.45) is 0. The molecule has 0 saturated carbocycles. The molecule has 2 unspecified atom stereocenters. The van der Waals surface area contributed by atoms with Crippen LogP contribution >= 0.6 is 0 Å². The maximum absolute atomic E-state index is 12.0. The fourth-order valence-corrected chi connectivity index (χ4v) is 11.9. The van der Waals surface area contributed by atoms with Gasteiger partial charge in [0.15, 0.2) is 0 Å². The summed E-state index contributed by atoms with van der Waals surface area (Å²) < 4.78 is 5.63. The van der Waals surface area contributed by atoms with Crippen LogP contribution in [0.4, 0.5) is 0 Å². The van der Waals surface area contributed by atoms with Gasteiger partial charge in [-0.1, -0.05) is 88.6 Å². The molecule has 0 radical (unpaired) electrons. The number of amidine groups is 1. The number of carbonyl (C=O) groups is 2. The van der Waals surface area contributed by atoms with E-state index in [1.807, 2.05) is 86.5 Å². The van der Waals surface area contributed by atoms with Crippen molar-refractivity contribution in [3.05, 3.63) is 81.8 Å². The van der Waals surface area contributed by atoms with E-state index in [0.717, 1.165) is 46.5 Å². The van der Waals surface area contributed by atoms with Crippen LogP contribution in [0, 0.1) is 53.3 Å². The van der Waals surface area contributed by atoms with Crippen molar-refractivity contribution in [1.29, 1.82) is 0 Å². The number of hydrazone groups is 1. The molecule has 4 atom stereocenters. The van der Waals surface area contributed by atoms with Crippen LogP contribution < -0.4 is 11.4 Å². The number of carbonyl (C=O) groups excluding carboxylic acids is 2. The van der Waals surface area contributed by atoms with Gasteiger partial charge in [-0.15, -0.1) is 0 Å². The molecule has 0 aliphatic carbocycles. The molecule has 0 aromatic carbocycles. The van der Waals surface area contributed by atoms with Crippen molar-refractivity contribution in [2.45, 2.75) is 226 Å². The van der Waals surface area contributed by atoms with Crippen LogP contribution in [-0.2, 0) is 37.8 Å². The molecule has 8 heterocycles. The number of hydrogen-bond acceptors (Lipinski definition) is 14. The molecule has 0 N–H and O–H groups in total. The Morgan fingerprint density at radius 1 is 0.382 bits per heavy atom. The van der Waals surface area contributed by atoms with Crippen LogP contribution in [0.25, 0.3) is 0 Å². The number of piperidine rings is 1. The maximum atomic E-state index is 12.0. The number of allylic oxidation sites excluding steroid dienone is 1. The zero-order valence-corrected chi connectivity index (χ0v) is 64.4. The summed E-state index contributed by atoms with van der Waals surface area (Å²) in [5, 5.41) is 12.8. The minimum Gasteiger partial charge on any atom is -0.375 e. The summed E-state index contributed by atoms with van der Waals surface area (Å²) >= 11 is 0. The van der Waals surface area contributed by atoms with E-state index in [4.69, 9.17) is 0 Å². The minimum atomic E-state index is -0.259. The number of likely N-dealkylation sites (N-methyl/N-ethyl adjacent to an activating group) is 2. The van der Waals surface area contributed by atoms with Crippen LogP contribution in [0.5, 0.6) is 0 Å². The number of rotatable bonds is 0. The summed E-state index contributed by atoms with van der Waals surface area (Å²) in [4.78, 5) is 61.9. The molecular formula is C69H132N16O4. The van der Waals surface area contributed by atoms with Crippen LogP contribution in [0.15, 0.2) is 64.2 Å². The van der Waals surface area contributed by atoms with Gasteiger partial charge < -0.3 is 39.2 Å². The third-order valence-corrected chi connectivity index (χ3v) is 25.9. The van der Waals surface area contributed by atoms with E-state index in [-0.39, 0.29) is 78.1 Å². The summed E-state index contributed by atoms with van der Waals surface area (Å²) in [7, 11) is 24.9. The van der Waals surface area contributed by atoms with Gasteiger partial charge in [-0.3, -0.25) is 23.7 Å². The molecule has 6 aliphatic rings. The van der Waals surface area contributed by atoms with E-state index in [0.29, 0.717) is 12.0 Å². The second-order valence-electron chi connectivity index (χ2n) is 31.2. The highest BCUT2D eigenvalue weighted by molar-refractivity contribution is 5.90. The van der Waals surface area contributed by atoms with Crippen LogP contribution in [-0.4, -0.2) is 193 Å². The SMILES string of the molecule is C=C1N(C)C(C)(C)C(C)(C)C(C)(C)N1C.C=C1N(C)C(C)(C)C(C)(C)N1C.C=C1N(C)N=C(C)N1C.C=C1[C@@H](C)C(C)[C@@H](C)C(C)N1C.CN1C(=O)C(C)(C)C(C)(C)C1(C)C.CN1C(=O)C(C)(C)C1(C)C.Cc1c(C)n(C)c(=O)n1C.Cn1nnn(C)c1=O. The molecule has 5 fully saturated rings. The first kappa shape index (κ1) is 81.1. The Labute approximate surface area is 542 Å². The molecule has 2 aromatic rings. The van der Waals surface area contributed by atoms with Gasteiger partial charge in [0, 0.05) is 142 Å². The van der Waals surface area contributed by atoms with Gasteiger partial charge in [-0.05, 0) is 153 Å². The lowest BCUT2D eigenvalue weighted by Crippen LogP contribution is -2.71. The first-order valence-corrected chi connectivity index (χ1v) is 31.6. The highest BCUT2D eigenvalue weighted by Gasteiger charge is 2.62. The van der Waals surface area contributed by atoms with Crippen molar-refractivity contribution in [1.82, 2.24) is 73.1 Å². The first-order chi connectivity index (χ1) is 39.4. The summed E-state index contributed by atoms with van der Waals surface area (Å²) in [6, 6.07) is 0.642. The monoisotopic (exact) mass is 1250 g/mol. The van der Waals surface area contributed by atoms with E-state index in [2.05, 4.69) is 240 Å². The molecule has 8 rings (SSSR count). The van der Waals surface area contributed by atoms with Gasteiger partial charge >= 0.3 is 11.4 Å². The number of aromatic nitrogens is 6. The van der Waals surface area contributed by atoms with Gasteiger partial charge in [0.05, 0.1) is 39.1 Å². The lowest BCUT2D eigenvalue weighted by molar-refractivity contribution is -0.177. The molecular weight excluding hydrogens is 1120 g/mol. The van der Waals surface area contributed by atoms with E-state index >= 15 is 0 Å². The Kier molecular flexibility index (Phi) is 24.7. The Hall–Kier alpha value is -5.95. The topological polar surface area (TPSA) is 155 Å². The summed E-state index contributed by atoms with van der Waals surface area (Å²) in [5.74, 6) is 6.80. The van der Waals surface area contributed by atoms with Gasteiger partial charge in [0.25, 0.3) is 0 Å². The fraction of sp³-hybridized carbons (Fsp3) is 0.783. The second kappa shape index (κ2) is 27.1. The number of nitrogens with zero attached hydrogens (tertiary/aromatic N) is 16. The molecule has 5 saturated heterocycles. The third-order valence-electron chi connectivity index (χ3n) is 25.9.